The standard InChI is InChI=1S/C25H35ClN2O6/c1-15-9-10-18-16(2)21(31-22-25(18)17(15)11-12-24(3,32-22)33-34-25)30-14-6-13-27-23(29)28-20-8-5-4-7-19(20)26/h4-5,7-8,15-18,21-22H,6,9-14H2,1-3H3,(H2,27,28,29)/t15-,16-,17+,18+,21-,22-,24+,25-/m1/s1. The van der Waals surface area contributed by atoms with Gasteiger partial charge < -0.3 is 24.8 Å². The maximum atomic E-state index is 12.1. The monoisotopic (exact) mass is 494 g/mol. The van der Waals surface area contributed by atoms with Crippen LogP contribution in [0.4, 0.5) is 10.5 Å². The molecule has 8 atom stereocenters. The van der Waals surface area contributed by atoms with Gasteiger partial charge in [-0.2, -0.15) is 0 Å². The fraction of sp³-hybridized carbons (Fsp3) is 0.720. The number of rotatable bonds is 6. The SMILES string of the molecule is C[C@H]1[C@H](OCCCNC(=O)Nc2ccccc2Cl)O[C@@H]2O[C@]3(C)CC[C@H]4[C@H](C)CC[C@@H]1[C@@]24OO3. The third-order valence-corrected chi connectivity index (χ3v) is 8.44. The molecular formula is C25H35ClN2O6. The molecule has 2 N–H and O–H groups in total. The summed E-state index contributed by atoms with van der Waals surface area (Å²) in [6.07, 6.45) is 3.75. The van der Waals surface area contributed by atoms with Crippen LogP contribution in [0.15, 0.2) is 24.3 Å². The van der Waals surface area contributed by atoms with Gasteiger partial charge in [0.05, 0.1) is 17.3 Å². The summed E-state index contributed by atoms with van der Waals surface area (Å²) in [5, 5.41) is 6.09. The quantitative estimate of drug-likeness (QED) is 0.424. The molecule has 0 aromatic heterocycles. The molecule has 188 valence electrons. The Labute approximate surface area is 205 Å². The molecule has 1 aromatic carbocycles. The number of carbonyl (C=O) groups excluding carboxylic acids is 1. The first-order valence-corrected chi connectivity index (χ1v) is 12.8. The number of fused-ring (bicyclic) bond motifs is 2. The van der Waals surface area contributed by atoms with Crippen LogP contribution in [0.25, 0.3) is 0 Å². The van der Waals surface area contributed by atoms with E-state index in [1.54, 1.807) is 12.1 Å². The molecule has 9 heteroatoms. The fourth-order valence-corrected chi connectivity index (χ4v) is 6.45. The van der Waals surface area contributed by atoms with Gasteiger partial charge >= 0.3 is 6.03 Å². The number of hydrogen-bond acceptors (Lipinski definition) is 6. The molecule has 4 saturated heterocycles. The summed E-state index contributed by atoms with van der Waals surface area (Å²) in [6, 6.07) is 6.83. The predicted octanol–water partition coefficient (Wildman–Crippen LogP) is 5.08. The number of nitrogens with one attached hydrogen (secondary N) is 2. The van der Waals surface area contributed by atoms with Crippen LogP contribution in [0, 0.1) is 23.7 Å². The second-order valence-corrected chi connectivity index (χ2v) is 10.8. The van der Waals surface area contributed by atoms with Crippen LogP contribution in [0.1, 0.15) is 52.9 Å². The molecule has 4 aliphatic heterocycles. The zero-order valence-electron chi connectivity index (χ0n) is 20.1. The molecule has 5 aliphatic rings. The van der Waals surface area contributed by atoms with Crippen molar-refractivity contribution in [3.8, 4) is 0 Å². The summed E-state index contributed by atoms with van der Waals surface area (Å²) in [7, 11) is 0. The fourth-order valence-electron chi connectivity index (χ4n) is 6.27. The van der Waals surface area contributed by atoms with Crippen LogP contribution >= 0.6 is 11.6 Å². The van der Waals surface area contributed by atoms with E-state index in [0.29, 0.717) is 42.1 Å². The first kappa shape index (κ1) is 24.3. The summed E-state index contributed by atoms with van der Waals surface area (Å²) in [5.41, 5.74) is -0.000312. The van der Waals surface area contributed by atoms with Gasteiger partial charge in [-0.25, -0.2) is 14.6 Å². The van der Waals surface area contributed by atoms with Crippen molar-refractivity contribution >= 4 is 23.3 Å². The van der Waals surface area contributed by atoms with Crippen molar-refractivity contribution in [3.63, 3.8) is 0 Å². The largest absolute Gasteiger partial charge is 0.352 e. The van der Waals surface area contributed by atoms with Crippen molar-refractivity contribution in [3.05, 3.63) is 29.3 Å². The third kappa shape index (κ3) is 4.33. The van der Waals surface area contributed by atoms with Gasteiger partial charge in [-0.15, -0.1) is 0 Å². The van der Waals surface area contributed by atoms with E-state index >= 15 is 0 Å². The summed E-state index contributed by atoms with van der Waals surface area (Å²) in [4.78, 5) is 24.1. The van der Waals surface area contributed by atoms with E-state index < -0.39 is 24.0 Å². The highest BCUT2D eigenvalue weighted by Gasteiger charge is 2.69. The molecule has 5 fully saturated rings. The first-order valence-electron chi connectivity index (χ1n) is 12.4. The molecule has 1 aliphatic carbocycles. The maximum absolute atomic E-state index is 12.1. The highest BCUT2D eigenvalue weighted by atomic mass is 35.5. The molecule has 8 nitrogen and oxygen atoms in total. The predicted molar refractivity (Wildman–Crippen MR) is 126 cm³/mol. The highest BCUT2D eigenvalue weighted by Crippen LogP contribution is 2.60. The summed E-state index contributed by atoms with van der Waals surface area (Å²) >= 11 is 6.08. The van der Waals surface area contributed by atoms with Gasteiger partial charge in [-0.05, 0) is 56.6 Å². The van der Waals surface area contributed by atoms with Crippen LogP contribution in [0.2, 0.25) is 5.02 Å². The van der Waals surface area contributed by atoms with Crippen molar-refractivity contribution in [1.82, 2.24) is 5.32 Å². The third-order valence-electron chi connectivity index (χ3n) is 8.11. The molecule has 2 amide bonds. The van der Waals surface area contributed by atoms with Crippen LogP contribution in [-0.4, -0.2) is 43.2 Å². The summed E-state index contributed by atoms with van der Waals surface area (Å²) in [5.74, 6) is 0.450. The number of anilines is 1. The van der Waals surface area contributed by atoms with E-state index in [0.717, 1.165) is 25.7 Å². The van der Waals surface area contributed by atoms with Gasteiger partial charge in [0.15, 0.2) is 18.2 Å². The lowest BCUT2D eigenvalue weighted by Gasteiger charge is -2.60. The summed E-state index contributed by atoms with van der Waals surface area (Å²) in [6.45, 7) is 7.33. The lowest BCUT2D eigenvalue weighted by atomic mass is 9.58. The minimum Gasteiger partial charge on any atom is -0.352 e. The zero-order chi connectivity index (χ0) is 23.9. The van der Waals surface area contributed by atoms with Crippen LogP contribution in [0.3, 0.4) is 0 Å². The molecular weight excluding hydrogens is 460 g/mol. The molecule has 2 bridgehead atoms. The van der Waals surface area contributed by atoms with E-state index in [2.05, 4.69) is 24.5 Å². The van der Waals surface area contributed by atoms with Gasteiger partial charge in [0.25, 0.3) is 0 Å². The number of ether oxygens (including phenoxy) is 3. The van der Waals surface area contributed by atoms with Crippen molar-refractivity contribution in [2.75, 3.05) is 18.5 Å². The Balaban J connectivity index is 1.15. The molecule has 0 unspecified atom stereocenters. The Morgan fingerprint density at radius 3 is 2.82 bits per heavy atom. The van der Waals surface area contributed by atoms with Crippen LogP contribution in [-0.2, 0) is 24.0 Å². The Bertz CT molecular complexity index is 904. The average molecular weight is 495 g/mol. The number of carbonyl (C=O) groups is 1. The smallest absolute Gasteiger partial charge is 0.319 e. The van der Waals surface area contributed by atoms with Crippen molar-refractivity contribution in [2.24, 2.45) is 23.7 Å². The van der Waals surface area contributed by atoms with E-state index in [-0.39, 0.29) is 17.9 Å². The molecule has 6 rings (SSSR count). The van der Waals surface area contributed by atoms with E-state index in [9.17, 15) is 4.79 Å². The molecule has 1 spiro atoms. The lowest BCUT2D eigenvalue weighted by Crippen LogP contribution is -2.70. The molecule has 0 radical (unpaired) electrons. The highest BCUT2D eigenvalue weighted by molar-refractivity contribution is 6.33. The van der Waals surface area contributed by atoms with E-state index in [1.807, 2.05) is 19.1 Å². The van der Waals surface area contributed by atoms with Gasteiger partial charge in [0.2, 0.25) is 5.79 Å². The maximum Gasteiger partial charge on any atom is 0.319 e. The Morgan fingerprint density at radius 1 is 1.18 bits per heavy atom. The van der Waals surface area contributed by atoms with Crippen LogP contribution < -0.4 is 10.6 Å². The van der Waals surface area contributed by atoms with Crippen LogP contribution in [0.5, 0.6) is 0 Å². The Kier molecular flexibility index (Phi) is 6.83. The molecule has 1 saturated carbocycles. The normalized spacial score (nSPS) is 40.8. The Hall–Kier alpha value is -1.42. The molecule has 1 aromatic rings. The summed E-state index contributed by atoms with van der Waals surface area (Å²) < 4.78 is 18.9. The first-order chi connectivity index (χ1) is 16.3. The molecule has 4 heterocycles. The van der Waals surface area contributed by atoms with E-state index in [1.165, 1.54) is 0 Å². The second kappa shape index (κ2) is 9.56. The van der Waals surface area contributed by atoms with Gasteiger partial charge in [0, 0.05) is 24.8 Å². The Morgan fingerprint density at radius 2 is 2.00 bits per heavy atom. The van der Waals surface area contributed by atoms with Crippen molar-refractivity contribution in [1.29, 1.82) is 0 Å². The number of para-hydroxylation sites is 1. The second-order valence-electron chi connectivity index (χ2n) is 10.4. The number of benzene rings is 1. The average Bonchev–Trinajstić information content (AvgIpc) is 3.04. The van der Waals surface area contributed by atoms with Gasteiger partial charge in [0.1, 0.15) is 0 Å². The number of amides is 2. The van der Waals surface area contributed by atoms with Gasteiger partial charge in [-0.3, -0.25) is 0 Å². The molecule has 34 heavy (non-hydrogen) atoms. The van der Waals surface area contributed by atoms with E-state index in [4.69, 9.17) is 35.6 Å². The van der Waals surface area contributed by atoms with Crippen molar-refractivity contribution in [2.45, 2.75) is 76.8 Å². The number of hydrogen-bond donors (Lipinski definition) is 2. The number of halogens is 1. The van der Waals surface area contributed by atoms with Gasteiger partial charge in [-0.1, -0.05) is 37.6 Å². The topological polar surface area (TPSA) is 87.3 Å². The minimum atomic E-state index is -0.790. The van der Waals surface area contributed by atoms with Crippen molar-refractivity contribution < 1.29 is 28.8 Å². The zero-order valence-corrected chi connectivity index (χ0v) is 20.8. The number of urea groups is 1. The minimum absolute atomic E-state index is 0.136. The lowest BCUT2D eigenvalue weighted by molar-refractivity contribution is -0.577.